The number of unbranched alkanes of at least 4 members (excludes halogenated alkanes) is 40. The summed E-state index contributed by atoms with van der Waals surface area (Å²) in [6.45, 7) is 10.6. The third-order valence-electron chi connectivity index (χ3n) is 15.0. The number of hydrogen-bond donors (Lipinski definition) is 0. The minimum Gasteiger partial charge on any atom is -0.789 e. The Hall–Kier alpha value is 0.187. The molecule has 0 aliphatic rings. The van der Waals surface area contributed by atoms with Gasteiger partial charge in [-0.15, -0.1) is 23.0 Å². The van der Waals surface area contributed by atoms with Gasteiger partial charge in [0.25, 0.3) is 0 Å². The van der Waals surface area contributed by atoms with E-state index >= 15 is 0 Å². The summed E-state index contributed by atoms with van der Waals surface area (Å²) in [7, 11) is 0. The monoisotopic (exact) mass is 1610 g/mol. The molecule has 0 aliphatic heterocycles. The Kier molecular flexibility index (Phi) is 130. The molecule has 0 rings (SSSR count). The van der Waals surface area contributed by atoms with Gasteiger partial charge in [-0.2, -0.15) is 13.5 Å². The van der Waals surface area contributed by atoms with Crippen LogP contribution in [-0.2, 0) is 88.6 Å². The van der Waals surface area contributed by atoms with Crippen molar-refractivity contribution in [2.45, 2.75) is 376 Å². The smallest absolute Gasteiger partial charge is 0.789 e. The molecule has 0 aromatic rings. The maximum absolute atomic E-state index is 11.2. The van der Waals surface area contributed by atoms with Crippen LogP contribution in [0.1, 0.15) is 376 Å². The maximum Gasteiger partial charge on any atom is 2.00 e. The molecule has 0 amide bonds. The first-order chi connectivity index (χ1) is 43.2. The van der Waals surface area contributed by atoms with E-state index in [2.05, 4.69) is 76.3 Å². The summed E-state index contributed by atoms with van der Waals surface area (Å²) in [5.74, 6) is 1.42. The Morgan fingerprint density at radius 1 is 0.237 bits per heavy atom. The molecule has 93 heavy (non-hydrogen) atoms. The first-order valence-corrected chi connectivity index (χ1v) is 39.1. The Morgan fingerprint density at radius 3 is 0.505 bits per heavy atom. The van der Waals surface area contributed by atoms with E-state index in [9.17, 15) is 19.2 Å². The number of ether oxygens (including phenoxy) is 4. The van der Waals surface area contributed by atoms with Gasteiger partial charge in [-0.3, -0.25) is 19.2 Å². The molecule has 0 heterocycles. The summed E-state index contributed by atoms with van der Waals surface area (Å²) in [6.07, 6.45) is 81.9. The van der Waals surface area contributed by atoms with E-state index in [-0.39, 0.29) is 100 Å². The SMILES string of the molecule is C.C.CCCCCCCCCCCC/C=C/CCC(=O)OCC[S-].CCCCCCCCCCCC/C=C/CCC(=O)OCC[S-].CCCCCCCCCCCC/C=C/CCC(=O)OCC[S-].CCCCCCCCCCCC/C=C/CCC(=O)OCC[S-].S.[Sn+2].[Sn+2]. The minimum atomic E-state index is -0.131. The van der Waals surface area contributed by atoms with E-state index in [0.717, 1.165) is 51.4 Å². The number of allylic oxidation sites excluding steroid dienone is 8. The molecule has 0 saturated carbocycles. The standard InChI is InChI=1S/4C19H36O2S.2CH4.H2S.2Sn/c4*1-2-3-4-5-6-7-8-9-10-11-12-13-14-15-16-19(20)21-17-18-22;;;;;/h4*13-14,22H,2-12,15-18H2,1H3;2*1H4;1H2;;/q;;;;;;;2*+2/p-4/b4*14-13+;;;;;. The average Bonchev–Trinajstić information content (AvgIpc) is 3.56. The molecule has 0 spiro atoms. The second-order valence-corrected chi connectivity index (χ2v) is 25.3. The van der Waals surface area contributed by atoms with Gasteiger partial charge in [0.2, 0.25) is 0 Å². The van der Waals surface area contributed by atoms with Crippen LogP contribution < -0.4 is 0 Å². The molecule has 0 N–H and O–H groups in total. The molecule has 15 heteroatoms. The Morgan fingerprint density at radius 2 is 0.366 bits per heavy atom. The summed E-state index contributed by atoms with van der Waals surface area (Å²) >= 11 is 18.9. The fourth-order valence-electron chi connectivity index (χ4n) is 9.66. The first kappa shape index (κ1) is 112. The zero-order chi connectivity index (χ0) is 65.2. The van der Waals surface area contributed by atoms with Crippen LogP contribution in [0.25, 0.3) is 0 Å². The van der Waals surface area contributed by atoms with Crippen LogP contribution in [-0.4, -0.2) is 121 Å². The largest absolute Gasteiger partial charge is 2.00 e. The molecule has 0 bridgehead atoms. The number of carbonyl (C=O) groups is 4. The predicted molar refractivity (Wildman–Crippen MR) is 427 cm³/mol. The van der Waals surface area contributed by atoms with Crippen molar-refractivity contribution in [3.8, 4) is 0 Å². The number of esters is 4. The molecule has 548 valence electrons. The maximum atomic E-state index is 11.2. The van der Waals surface area contributed by atoms with Crippen molar-refractivity contribution in [1.82, 2.24) is 0 Å². The molecule has 0 unspecified atom stereocenters. The number of carbonyl (C=O) groups excluding carboxylic acids is 4. The quantitative estimate of drug-likeness (QED) is 0.0145. The first-order valence-electron chi connectivity index (χ1n) is 36.8. The normalized spacial score (nSPS) is 10.6. The van der Waals surface area contributed by atoms with Crippen LogP contribution in [0.3, 0.4) is 0 Å². The number of rotatable bonds is 64. The Balaban J connectivity index is -0.000000142. The van der Waals surface area contributed by atoms with Gasteiger partial charge in [0.05, 0.1) is 26.4 Å². The zero-order valence-corrected chi connectivity index (χ0v) is 69.4. The van der Waals surface area contributed by atoms with Crippen molar-refractivity contribution < 1.29 is 38.1 Å². The second-order valence-electron chi connectivity index (χ2n) is 23.6. The molecule has 0 fully saturated rings. The Labute approximate surface area is 642 Å². The van der Waals surface area contributed by atoms with E-state index in [1.165, 1.54) is 257 Å². The van der Waals surface area contributed by atoms with Gasteiger partial charge in [0.15, 0.2) is 0 Å². The van der Waals surface area contributed by atoms with Crippen molar-refractivity contribution in [3.63, 3.8) is 0 Å². The van der Waals surface area contributed by atoms with Crippen molar-refractivity contribution in [3.05, 3.63) is 48.6 Å². The van der Waals surface area contributed by atoms with Crippen LogP contribution in [0.15, 0.2) is 48.6 Å². The predicted octanol–water partition coefficient (Wildman–Crippen LogP) is 23.5. The summed E-state index contributed by atoms with van der Waals surface area (Å²) < 4.78 is 19.7. The van der Waals surface area contributed by atoms with Crippen LogP contribution in [0.4, 0.5) is 0 Å². The summed E-state index contributed by atoms with van der Waals surface area (Å²) in [6, 6.07) is 0. The van der Waals surface area contributed by atoms with Gasteiger partial charge in [-0.25, -0.2) is 0 Å². The van der Waals surface area contributed by atoms with Crippen molar-refractivity contribution in [2.75, 3.05) is 49.4 Å². The average molecular weight is 1610 g/mol. The fraction of sp³-hybridized carbons (Fsp3) is 0.846. The summed E-state index contributed by atoms with van der Waals surface area (Å²) in [5, 5.41) is 0. The van der Waals surface area contributed by atoms with Gasteiger partial charge in [-0.05, 0) is 77.0 Å². The van der Waals surface area contributed by atoms with Crippen LogP contribution in [0, 0.1) is 0 Å². The van der Waals surface area contributed by atoms with Crippen LogP contribution in [0.2, 0.25) is 0 Å². The van der Waals surface area contributed by atoms with Gasteiger partial charge in [0.1, 0.15) is 0 Å². The molecule has 0 aromatic heterocycles. The van der Waals surface area contributed by atoms with Gasteiger partial charge >= 0.3 is 71.7 Å². The second kappa shape index (κ2) is 108. The van der Waals surface area contributed by atoms with E-state index < -0.39 is 0 Å². The minimum absolute atomic E-state index is 0. The molecular weight excluding hydrogens is 1460 g/mol. The molecule has 0 atom stereocenters. The topological polar surface area (TPSA) is 105 Å². The number of hydrogen-bond acceptors (Lipinski definition) is 12. The van der Waals surface area contributed by atoms with Crippen LogP contribution >= 0.6 is 13.5 Å². The summed E-state index contributed by atoms with van der Waals surface area (Å²) in [4.78, 5) is 44.9. The van der Waals surface area contributed by atoms with Crippen molar-refractivity contribution in [1.29, 1.82) is 0 Å². The van der Waals surface area contributed by atoms with Gasteiger partial charge in [0, 0.05) is 25.7 Å². The van der Waals surface area contributed by atoms with E-state index in [4.69, 9.17) is 69.5 Å². The third-order valence-corrected chi connectivity index (χ3v) is 15.7. The third kappa shape index (κ3) is 117. The fourth-order valence-corrected chi connectivity index (χ4v) is 9.99. The van der Waals surface area contributed by atoms with E-state index in [1.807, 2.05) is 0 Å². The van der Waals surface area contributed by atoms with E-state index in [0.29, 0.717) is 75.1 Å². The Bertz CT molecular complexity index is 1290. The molecule has 8 nitrogen and oxygen atoms in total. The van der Waals surface area contributed by atoms with Gasteiger partial charge in [-0.1, -0.05) is 322 Å². The molecule has 0 aromatic carbocycles. The van der Waals surface area contributed by atoms with Crippen molar-refractivity contribution in [2.24, 2.45) is 0 Å². The molecule has 0 saturated heterocycles. The van der Waals surface area contributed by atoms with Gasteiger partial charge < -0.3 is 69.5 Å². The molecular formula is C78H150O8S5Sn2. The van der Waals surface area contributed by atoms with Crippen LogP contribution in [0.5, 0.6) is 0 Å². The summed E-state index contributed by atoms with van der Waals surface area (Å²) in [5.41, 5.74) is 0. The van der Waals surface area contributed by atoms with E-state index in [1.54, 1.807) is 0 Å². The molecule has 4 radical (unpaired) electrons. The zero-order valence-electron chi connectivity index (χ0n) is 59.4. The van der Waals surface area contributed by atoms with Crippen molar-refractivity contribution >= 4 is 136 Å². The molecule has 0 aliphatic carbocycles.